The third kappa shape index (κ3) is 3.10. The SMILES string of the molecule is CCCN1C(=O)C(=O)/C(=C(\O)c2cccc(Cl)c2)C1c1ccccc1F. The molecular formula is C20H17ClFNO3. The van der Waals surface area contributed by atoms with E-state index in [0.717, 1.165) is 0 Å². The number of ketones is 1. The molecule has 1 N–H and O–H groups in total. The molecule has 4 nitrogen and oxygen atoms in total. The Morgan fingerprint density at radius 3 is 2.58 bits per heavy atom. The summed E-state index contributed by atoms with van der Waals surface area (Å²) >= 11 is 5.96. The Balaban J connectivity index is 2.23. The number of hydrogen-bond acceptors (Lipinski definition) is 3. The van der Waals surface area contributed by atoms with Crippen LogP contribution in [0.4, 0.5) is 4.39 Å². The summed E-state index contributed by atoms with van der Waals surface area (Å²) in [6.07, 6.45) is 0.592. The molecular weight excluding hydrogens is 357 g/mol. The van der Waals surface area contributed by atoms with Gasteiger partial charge in [-0.15, -0.1) is 0 Å². The van der Waals surface area contributed by atoms with Crippen LogP contribution in [0.1, 0.15) is 30.5 Å². The van der Waals surface area contributed by atoms with Gasteiger partial charge in [0.05, 0.1) is 11.6 Å². The fourth-order valence-corrected chi connectivity index (χ4v) is 3.35. The van der Waals surface area contributed by atoms with E-state index in [4.69, 9.17) is 11.6 Å². The van der Waals surface area contributed by atoms with Crippen LogP contribution in [-0.2, 0) is 9.59 Å². The standard InChI is InChI=1S/C20H17ClFNO3/c1-2-10-23-17(14-8-3-4-9-15(14)22)16(19(25)20(23)26)18(24)12-6-5-7-13(21)11-12/h3-9,11,17,24H,2,10H2,1H3/b18-16-. The maximum absolute atomic E-state index is 14.4. The van der Waals surface area contributed by atoms with E-state index in [-0.39, 0.29) is 23.4 Å². The molecule has 6 heteroatoms. The molecule has 1 amide bonds. The first kappa shape index (κ1) is 18.1. The quantitative estimate of drug-likeness (QED) is 0.493. The Morgan fingerprint density at radius 2 is 1.92 bits per heavy atom. The van der Waals surface area contributed by atoms with Gasteiger partial charge in [0, 0.05) is 22.7 Å². The molecule has 0 aromatic heterocycles. The lowest BCUT2D eigenvalue weighted by Gasteiger charge is -2.25. The van der Waals surface area contributed by atoms with Crippen LogP contribution in [0.25, 0.3) is 5.76 Å². The van der Waals surface area contributed by atoms with Crippen LogP contribution in [0.2, 0.25) is 5.02 Å². The molecule has 0 saturated carbocycles. The average molecular weight is 374 g/mol. The van der Waals surface area contributed by atoms with E-state index in [1.165, 1.54) is 29.2 Å². The molecule has 1 aliphatic rings. The fourth-order valence-electron chi connectivity index (χ4n) is 3.16. The van der Waals surface area contributed by atoms with Crippen molar-refractivity contribution >= 4 is 29.1 Å². The lowest BCUT2D eigenvalue weighted by molar-refractivity contribution is -0.139. The maximum atomic E-state index is 14.4. The highest BCUT2D eigenvalue weighted by Crippen LogP contribution is 2.40. The molecule has 26 heavy (non-hydrogen) atoms. The van der Waals surface area contributed by atoms with Gasteiger partial charge in [-0.25, -0.2) is 4.39 Å². The van der Waals surface area contributed by atoms with Gasteiger partial charge in [-0.1, -0.05) is 48.9 Å². The van der Waals surface area contributed by atoms with Crippen LogP contribution < -0.4 is 0 Å². The molecule has 1 saturated heterocycles. The van der Waals surface area contributed by atoms with Gasteiger partial charge in [-0.3, -0.25) is 9.59 Å². The number of amides is 1. The average Bonchev–Trinajstić information content (AvgIpc) is 2.87. The highest BCUT2D eigenvalue weighted by atomic mass is 35.5. The fraction of sp³-hybridized carbons (Fsp3) is 0.200. The van der Waals surface area contributed by atoms with Crippen LogP contribution in [0.3, 0.4) is 0 Å². The Bertz CT molecular complexity index is 909. The van der Waals surface area contributed by atoms with Crippen LogP contribution in [0.5, 0.6) is 0 Å². The number of carbonyl (C=O) groups excluding carboxylic acids is 2. The summed E-state index contributed by atoms with van der Waals surface area (Å²) in [7, 11) is 0. The second-order valence-corrected chi connectivity index (χ2v) is 6.46. The molecule has 1 unspecified atom stereocenters. The lowest BCUT2D eigenvalue weighted by Crippen LogP contribution is -2.30. The molecule has 134 valence electrons. The number of halogens is 2. The van der Waals surface area contributed by atoms with Crippen molar-refractivity contribution < 1.29 is 19.1 Å². The number of aliphatic hydroxyl groups excluding tert-OH is 1. The lowest BCUT2D eigenvalue weighted by atomic mass is 9.95. The maximum Gasteiger partial charge on any atom is 0.295 e. The van der Waals surface area contributed by atoms with E-state index in [1.807, 2.05) is 6.92 Å². The van der Waals surface area contributed by atoms with E-state index in [9.17, 15) is 19.1 Å². The Labute approximate surface area is 155 Å². The normalized spacial score (nSPS) is 19.2. The van der Waals surface area contributed by atoms with Gasteiger partial charge < -0.3 is 10.0 Å². The van der Waals surface area contributed by atoms with E-state index in [2.05, 4.69) is 0 Å². The molecule has 1 aliphatic heterocycles. The number of benzene rings is 2. The number of hydrogen-bond donors (Lipinski definition) is 1. The second kappa shape index (κ2) is 7.30. The number of aliphatic hydroxyl groups is 1. The summed E-state index contributed by atoms with van der Waals surface area (Å²) in [5.74, 6) is -2.48. The predicted molar refractivity (Wildman–Crippen MR) is 97.2 cm³/mol. The summed E-state index contributed by atoms with van der Waals surface area (Å²) in [4.78, 5) is 26.4. The molecule has 2 aromatic rings. The predicted octanol–water partition coefficient (Wildman–Crippen LogP) is 4.31. The van der Waals surface area contributed by atoms with Gasteiger partial charge in [0.15, 0.2) is 0 Å². The summed E-state index contributed by atoms with van der Waals surface area (Å²) < 4.78 is 14.4. The zero-order valence-electron chi connectivity index (χ0n) is 14.1. The van der Waals surface area contributed by atoms with Crippen molar-refractivity contribution in [1.82, 2.24) is 4.90 Å². The summed E-state index contributed by atoms with van der Waals surface area (Å²) in [6.45, 7) is 2.13. The smallest absolute Gasteiger partial charge is 0.295 e. The second-order valence-electron chi connectivity index (χ2n) is 6.02. The van der Waals surface area contributed by atoms with E-state index < -0.39 is 23.5 Å². The minimum absolute atomic E-state index is 0.129. The Hall–Kier alpha value is -2.66. The van der Waals surface area contributed by atoms with Crippen molar-refractivity contribution in [3.05, 3.63) is 76.1 Å². The van der Waals surface area contributed by atoms with Gasteiger partial charge in [-0.05, 0) is 24.6 Å². The first-order valence-corrected chi connectivity index (χ1v) is 8.62. The van der Waals surface area contributed by atoms with Gasteiger partial charge in [0.25, 0.3) is 11.7 Å². The highest BCUT2D eigenvalue weighted by molar-refractivity contribution is 6.46. The van der Waals surface area contributed by atoms with E-state index in [0.29, 0.717) is 17.0 Å². The largest absolute Gasteiger partial charge is 0.507 e. The van der Waals surface area contributed by atoms with Crippen molar-refractivity contribution in [2.45, 2.75) is 19.4 Å². The molecule has 0 radical (unpaired) electrons. The number of carbonyl (C=O) groups is 2. The van der Waals surface area contributed by atoms with Crippen LogP contribution in [0, 0.1) is 5.82 Å². The molecule has 0 bridgehead atoms. The number of rotatable bonds is 4. The molecule has 0 aliphatic carbocycles. The molecule has 1 fully saturated rings. The summed E-state index contributed by atoms with van der Waals surface area (Å²) in [5.41, 5.74) is 0.341. The summed E-state index contributed by atoms with van der Waals surface area (Å²) in [6, 6.07) is 11.3. The highest BCUT2D eigenvalue weighted by Gasteiger charge is 2.46. The third-order valence-corrected chi connectivity index (χ3v) is 4.54. The molecule has 0 spiro atoms. The number of nitrogens with zero attached hydrogens (tertiary/aromatic N) is 1. The minimum Gasteiger partial charge on any atom is -0.507 e. The van der Waals surface area contributed by atoms with Crippen LogP contribution in [0.15, 0.2) is 54.1 Å². The van der Waals surface area contributed by atoms with Crippen molar-refractivity contribution in [1.29, 1.82) is 0 Å². The molecule has 2 aromatic carbocycles. The Morgan fingerprint density at radius 1 is 1.19 bits per heavy atom. The van der Waals surface area contributed by atoms with E-state index in [1.54, 1.807) is 24.3 Å². The number of likely N-dealkylation sites (tertiary alicyclic amines) is 1. The molecule has 3 rings (SSSR count). The van der Waals surface area contributed by atoms with E-state index >= 15 is 0 Å². The van der Waals surface area contributed by atoms with Crippen LogP contribution in [-0.4, -0.2) is 28.2 Å². The number of Topliss-reactive ketones (excluding diaryl/α,β-unsaturated/α-hetero) is 1. The first-order valence-electron chi connectivity index (χ1n) is 8.24. The summed E-state index contributed by atoms with van der Waals surface area (Å²) in [5, 5.41) is 11.1. The molecule has 1 atom stereocenters. The van der Waals surface area contributed by atoms with Gasteiger partial charge >= 0.3 is 0 Å². The molecule has 1 heterocycles. The zero-order valence-corrected chi connectivity index (χ0v) is 14.8. The van der Waals surface area contributed by atoms with Crippen molar-refractivity contribution in [3.8, 4) is 0 Å². The van der Waals surface area contributed by atoms with Crippen molar-refractivity contribution in [2.75, 3.05) is 6.54 Å². The van der Waals surface area contributed by atoms with Gasteiger partial charge in [0.2, 0.25) is 0 Å². The van der Waals surface area contributed by atoms with Crippen molar-refractivity contribution in [3.63, 3.8) is 0 Å². The third-order valence-electron chi connectivity index (χ3n) is 4.30. The van der Waals surface area contributed by atoms with Gasteiger partial charge in [-0.2, -0.15) is 0 Å². The van der Waals surface area contributed by atoms with Gasteiger partial charge in [0.1, 0.15) is 11.6 Å². The van der Waals surface area contributed by atoms with Crippen LogP contribution >= 0.6 is 11.6 Å². The topological polar surface area (TPSA) is 57.6 Å². The first-order chi connectivity index (χ1) is 12.5. The Kier molecular flexibility index (Phi) is 5.09. The zero-order chi connectivity index (χ0) is 18.8. The monoisotopic (exact) mass is 373 g/mol. The minimum atomic E-state index is -0.977. The van der Waals surface area contributed by atoms with Crippen molar-refractivity contribution in [2.24, 2.45) is 0 Å².